The Morgan fingerprint density at radius 3 is 2.48 bits per heavy atom. The van der Waals surface area contributed by atoms with E-state index in [1.54, 1.807) is 30.5 Å². The summed E-state index contributed by atoms with van der Waals surface area (Å²) in [6.45, 7) is 4.69. The zero-order chi connectivity index (χ0) is 16.8. The van der Waals surface area contributed by atoms with Gasteiger partial charge in [0.05, 0.1) is 5.69 Å². The van der Waals surface area contributed by atoms with E-state index < -0.39 is 0 Å². The smallest absolute Gasteiger partial charge is 0.222 e. The highest BCUT2D eigenvalue weighted by Gasteiger charge is 2.04. The Morgan fingerprint density at radius 2 is 1.78 bits per heavy atom. The van der Waals surface area contributed by atoms with Crippen LogP contribution in [0.4, 0.5) is 11.5 Å². The van der Waals surface area contributed by atoms with E-state index in [-0.39, 0.29) is 11.8 Å². The van der Waals surface area contributed by atoms with Crippen molar-refractivity contribution in [1.82, 2.24) is 9.97 Å². The molecule has 2 rings (SSSR count). The number of nitrogens with one attached hydrogen (secondary N) is 2. The van der Waals surface area contributed by atoms with Crippen LogP contribution < -0.4 is 10.6 Å². The fraction of sp³-hybridized carbons (Fsp3) is 0.176. The van der Waals surface area contributed by atoms with Crippen molar-refractivity contribution in [3.8, 4) is 11.8 Å². The molecule has 0 aliphatic heterocycles. The van der Waals surface area contributed by atoms with Gasteiger partial charge in [-0.2, -0.15) is 0 Å². The predicted molar refractivity (Wildman–Crippen MR) is 87.8 cm³/mol. The van der Waals surface area contributed by atoms with E-state index in [1.807, 2.05) is 6.92 Å². The maximum absolute atomic E-state index is 11.2. The van der Waals surface area contributed by atoms with E-state index in [9.17, 15) is 9.59 Å². The zero-order valence-electron chi connectivity index (χ0n) is 13.1. The Morgan fingerprint density at radius 1 is 1.04 bits per heavy atom. The number of carbonyl (C=O) groups excluding carboxylic acids is 2. The monoisotopic (exact) mass is 308 g/mol. The van der Waals surface area contributed by atoms with Crippen LogP contribution in [-0.4, -0.2) is 21.8 Å². The number of amides is 2. The standard InChI is InChI=1S/C17H16N4O2/c1-11-4-6-16(20-12(2)22)15(19-11)7-5-14-8-9-18-17(10-14)21-13(3)23/h4,6,8-10H,1-3H3,(H,20,22)(H,18,21,23). The van der Waals surface area contributed by atoms with E-state index in [0.29, 0.717) is 22.8 Å². The number of pyridine rings is 2. The third kappa shape index (κ3) is 4.93. The SMILES string of the molecule is CC(=O)Nc1cc(C#Cc2nc(C)ccc2NC(C)=O)ccn1. The van der Waals surface area contributed by atoms with Crippen LogP contribution >= 0.6 is 0 Å². The molecule has 0 aliphatic carbocycles. The van der Waals surface area contributed by atoms with Crippen LogP contribution in [0.3, 0.4) is 0 Å². The summed E-state index contributed by atoms with van der Waals surface area (Å²) in [5, 5.41) is 5.30. The van der Waals surface area contributed by atoms with E-state index in [0.717, 1.165) is 5.69 Å². The van der Waals surface area contributed by atoms with Gasteiger partial charge in [-0.3, -0.25) is 9.59 Å². The van der Waals surface area contributed by atoms with E-state index in [2.05, 4.69) is 32.4 Å². The third-order valence-electron chi connectivity index (χ3n) is 2.73. The van der Waals surface area contributed by atoms with Gasteiger partial charge in [0.1, 0.15) is 11.5 Å². The second-order valence-electron chi connectivity index (χ2n) is 4.89. The van der Waals surface area contributed by atoms with Gasteiger partial charge in [0.25, 0.3) is 0 Å². The molecule has 0 saturated carbocycles. The molecule has 23 heavy (non-hydrogen) atoms. The Kier molecular flexibility index (Phi) is 5.05. The molecular formula is C17H16N4O2. The topological polar surface area (TPSA) is 84.0 Å². The Hall–Kier alpha value is -3.20. The number of nitrogens with zero attached hydrogens (tertiary/aromatic N) is 2. The molecule has 2 aromatic heterocycles. The molecule has 0 bridgehead atoms. The van der Waals surface area contributed by atoms with Crippen LogP contribution in [0.25, 0.3) is 0 Å². The summed E-state index contributed by atoms with van der Waals surface area (Å²) in [5.41, 5.74) is 2.53. The maximum Gasteiger partial charge on any atom is 0.222 e. The number of hydrogen-bond donors (Lipinski definition) is 2. The molecule has 0 aliphatic rings. The van der Waals surface area contributed by atoms with Gasteiger partial charge in [0, 0.05) is 31.3 Å². The first-order chi connectivity index (χ1) is 10.9. The molecule has 6 heteroatoms. The first-order valence-corrected chi connectivity index (χ1v) is 6.95. The first-order valence-electron chi connectivity index (χ1n) is 6.95. The van der Waals surface area contributed by atoms with Crippen molar-refractivity contribution in [2.45, 2.75) is 20.8 Å². The molecule has 0 fully saturated rings. The molecule has 0 atom stereocenters. The molecule has 2 N–H and O–H groups in total. The minimum atomic E-state index is -0.198. The lowest BCUT2D eigenvalue weighted by molar-refractivity contribution is -0.115. The summed E-state index contributed by atoms with van der Waals surface area (Å²) in [6.07, 6.45) is 1.56. The second kappa shape index (κ2) is 7.18. The highest BCUT2D eigenvalue weighted by Crippen LogP contribution is 2.13. The molecule has 0 spiro atoms. The molecule has 0 aromatic carbocycles. The lowest BCUT2D eigenvalue weighted by atomic mass is 10.2. The van der Waals surface area contributed by atoms with Crippen LogP contribution in [0.5, 0.6) is 0 Å². The van der Waals surface area contributed by atoms with Crippen molar-refractivity contribution in [3.63, 3.8) is 0 Å². The maximum atomic E-state index is 11.2. The first kappa shape index (κ1) is 16.2. The van der Waals surface area contributed by atoms with E-state index in [1.165, 1.54) is 13.8 Å². The highest BCUT2D eigenvalue weighted by atomic mass is 16.2. The van der Waals surface area contributed by atoms with E-state index in [4.69, 9.17) is 0 Å². The fourth-order valence-electron chi connectivity index (χ4n) is 1.83. The number of carbonyl (C=O) groups is 2. The lowest BCUT2D eigenvalue weighted by Gasteiger charge is -2.05. The van der Waals surface area contributed by atoms with Gasteiger partial charge in [0.2, 0.25) is 11.8 Å². The number of aromatic nitrogens is 2. The van der Waals surface area contributed by atoms with Crippen LogP contribution in [0.15, 0.2) is 30.5 Å². The van der Waals surface area contributed by atoms with Crippen molar-refractivity contribution in [1.29, 1.82) is 0 Å². The Balaban J connectivity index is 2.33. The lowest BCUT2D eigenvalue weighted by Crippen LogP contribution is -2.08. The molecule has 2 heterocycles. The number of aryl methyl sites for hydroxylation is 1. The predicted octanol–water partition coefficient (Wildman–Crippen LogP) is 2.10. The average molecular weight is 308 g/mol. The van der Waals surface area contributed by atoms with Gasteiger partial charge >= 0.3 is 0 Å². The third-order valence-corrected chi connectivity index (χ3v) is 2.73. The summed E-state index contributed by atoms with van der Waals surface area (Å²) in [5.74, 6) is 5.95. The quantitative estimate of drug-likeness (QED) is 0.832. The van der Waals surface area contributed by atoms with Crippen LogP contribution in [0.1, 0.15) is 30.8 Å². The summed E-state index contributed by atoms with van der Waals surface area (Å²) in [7, 11) is 0. The molecule has 116 valence electrons. The van der Waals surface area contributed by atoms with Crippen molar-refractivity contribution >= 4 is 23.3 Å². The normalized spacial score (nSPS) is 9.52. The van der Waals surface area contributed by atoms with Gasteiger partial charge in [-0.25, -0.2) is 9.97 Å². The van der Waals surface area contributed by atoms with Crippen molar-refractivity contribution in [2.75, 3.05) is 10.6 Å². The molecule has 2 amide bonds. The Bertz CT molecular complexity index is 819. The molecule has 6 nitrogen and oxygen atoms in total. The minimum Gasteiger partial charge on any atom is -0.324 e. The molecule has 0 radical (unpaired) electrons. The van der Waals surface area contributed by atoms with Crippen molar-refractivity contribution in [2.24, 2.45) is 0 Å². The number of hydrogen-bond acceptors (Lipinski definition) is 4. The molecule has 2 aromatic rings. The van der Waals surface area contributed by atoms with Crippen LogP contribution in [0, 0.1) is 18.8 Å². The number of rotatable bonds is 2. The highest BCUT2D eigenvalue weighted by molar-refractivity contribution is 5.90. The van der Waals surface area contributed by atoms with Gasteiger partial charge in [-0.15, -0.1) is 0 Å². The summed E-state index contributed by atoms with van der Waals surface area (Å²) < 4.78 is 0. The van der Waals surface area contributed by atoms with E-state index >= 15 is 0 Å². The van der Waals surface area contributed by atoms with Crippen molar-refractivity contribution < 1.29 is 9.59 Å². The molecular weight excluding hydrogens is 292 g/mol. The summed E-state index contributed by atoms with van der Waals surface area (Å²) in [4.78, 5) is 30.7. The van der Waals surface area contributed by atoms with Gasteiger partial charge in [0.15, 0.2) is 0 Å². The fourth-order valence-corrected chi connectivity index (χ4v) is 1.83. The van der Waals surface area contributed by atoms with Crippen LogP contribution in [0.2, 0.25) is 0 Å². The molecule has 0 saturated heterocycles. The van der Waals surface area contributed by atoms with Crippen LogP contribution in [-0.2, 0) is 9.59 Å². The Labute approximate surface area is 134 Å². The second-order valence-corrected chi connectivity index (χ2v) is 4.89. The largest absolute Gasteiger partial charge is 0.324 e. The van der Waals surface area contributed by atoms with Gasteiger partial charge < -0.3 is 10.6 Å². The average Bonchev–Trinajstić information content (AvgIpc) is 2.47. The van der Waals surface area contributed by atoms with Gasteiger partial charge in [-0.05, 0) is 37.1 Å². The van der Waals surface area contributed by atoms with Crippen molar-refractivity contribution in [3.05, 3.63) is 47.4 Å². The molecule has 0 unspecified atom stereocenters. The minimum absolute atomic E-state index is 0.185. The zero-order valence-corrected chi connectivity index (χ0v) is 13.1. The number of anilines is 2. The summed E-state index contributed by atoms with van der Waals surface area (Å²) >= 11 is 0. The summed E-state index contributed by atoms with van der Waals surface area (Å²) in [6, 6.07) is 6.97. The van der Waals surface area contributed by atoms with Gasteiger partial charge in [-0.1, -0.05) is 5.92 Å².